The minimum atomic E-state index is -0.125. The lowest BCUT2D eigenvalue weighted by Crippen LogP contribution is -2.26. The summed E-state index contributed by atoms with van der Waals surface area (Å²) in [6.07, 6.45) is 2.09. The molecule has 0 N–H and O–H groups in total. The maximum absolute atomic E-state index is 11.5. The Balaban J connectivity index is 2.13. The summed E-state index contributed by atoms with van der Waals surface area (Å²) in [6.45, 7) is 0.964. The standard InChI is InChI=1S/C7H12N4O2/c1-13-5-4-10-7(12)11(9-8-10)6-2-3-6/h6H,2-5H2,1H3. The Morgan fingerprint density at radius 2 is 2.31 bits per heavy atom. The molecule has 13 heavy (non-hydrogen) atoms. The van der Waals surface area contributed by atoms with Crippen LogP contribution in [0.3, 0.4) is 0 Å². The summed E-state index contributed by atoms with van der Waals surface area (Å²) in [5.41, 5.74) is -0.125. The highest BCUT2D eigenvalue weighted by atomic mass is 16.5. The molecule has 0 aromatic carbocycles. The predicted octanol–water partition coefficient (Wildman–Crippen LogP) is -0.579. The Hall–Kier alpha value is -1.17. The molecule has 6 nitrogen and oxygen atoms in total. The Labute approximate surface area is 75.1 Å². The number of aromatic nitrogens is 4. The zero-order chi connectivity index (χ0) is 9.26. The summed E-state index contributed by atoms with van der Waals surface area (Å²) in [7, 11) is 1.59. The normalized spacial score (nSPS) is 16.4. The van der Waals surface area contributed by atoms with Gasteiger partial charge in [0.2, 0.25) is 0 Å². The highest BCUT2D eigenvalue weighted by Crippen LogP contribution is 2.32. The number of hydrogen-bond acceptors (Lipinski definition) is 4. The van der Waals surface area contributed by atoms with E-state index in [9.17, 15) is 4.79 Å². The molecular weight excluding hydrogens is 172 g/mol. The third-order valence-electron chi connectivity index (χ3n) is 2.06. The lowest BCUT2D eigenvalue weighted by atomic mass is 10.7. The Morgan fingerprint density at radius 1 is 1.54 bits per heavy atom. The fourth-order valence-electron chi connectivity index (χ4n) is 1.15. The van der Waals surface area contributed by atoms with Gasteiger partial charge in [0, 0.05) is 7.11 Å². The lowest BCUT2D eigenvalue weighted by molar-refractivity contribution is 0.181. The van der Waals surface area contributed by atoms with Crippen LogP contribution in [-0.4, -0.2) is 33.5 Å². The molecule has 1 aromatic rings. The summed E-state index contributed by atoms with van der Waals surface area (Å²) >= 11 is 0. The van der Waals surface area contributed by atoms with Gasteiger partial charge in [-0.05, 0) is 23.3 Å². The van der Waals surface area contributed by atoms with Crippen LogP contribution in [0.1, 0.15) is 18.9 Å². The topological polar surface area (TPSA) is 61.9 Å². The molecule has 2 rings (SSSR count). The van der Waals surface area contributed by atoms with Crippen molar-refractivity contribution in [1.82, 2.24) is 19.8 Å². The third-order valence-corrected chi connectivity index (χ3v) is 2.06. The van der Waals surface area contributed by atoms with E-state index in [0.717, 1.165) is 12.8 Å². The van der Waals surface area contributed by atoms with Gasteiger partial charge in [-0.1, -0.05) is 0 Å². The van der Waals surface area contributed by atoms with Gasteiger partial charge >= 0.3 is 5.69 Å². The molecule has 0 spiro atoms. The smallest absolute Gasteiger partial charge is 0.364 e. The highest BCUT2D eigenvalue weighted by Gasteiger charge is 2.27. The van der Waals surface area contributed by atoms with Crippen LogP contribution in [0.2, 0.25) is 0 Å². The quantitative estimate of drug-likeness (QED) is 0.628. The highest BCUT2D eigenvalue weighted by molar-refractivity contribution is 4.79. The first-order chi connectivity index (χ1) is 6.33. The molecule has 6 heteroatoms. The van der Waals surface area contributed by atoms with Crippen molar-refractivity contribution in [2.24, 2.45) is 0 Å². The van der Waals surface area contributed by atoms with Gasteiger partial charge in [-0.15, -0.1) is 0 Å². The van der Waals surface area contributed by atoms with Crippen molar-refractivity contribution in [2.45, 2.75) is 25.4 Å². The van der Waals surface area contributed by atoms with Gasteiger partial charge in [-0.2, -0.15) is 9.36 Å². The summed E-state index contributed by atoms with van der Waals surface area (Å²) in [4.78, 5) is 11.5. The molecular formula is C7H12N4O2. The van der Waals surface area contributed by atoms with Crippen LogP contribution in [-0.2, 0) is 11.3 Å². The first-order valence-electron chi connectivity index (χ1n) is 4.34. The van der Waals surface area contributed by atoms with E-state index in [4.69, 9.17) is 4.74 Å². The third kappa shape index (κ3) is 1.62. The van der Waals surface area contributed by atoms with E-state index in [1.165, 1.54) is 9.36 Å². The summed E-state index contributed by atoms with van der Waals surface area (Å²) < 4.78 is 7.64. The average Bonchev–Trinajstić information content (AvgIpc) is 2.89. The molecule has 1 heterocycles. The Morgan fingerprint density at radius 3 is 2.92 bits per heavy atom. The molecule has 0 radical (unpaired) electrons. The van der Waals surface area contributed by atoms with Crippen molar-refractivity contribution in [3.05, 3.63) is 10.5 Å². The minimum Gasteiger partial charge on any atom is -0.383 e. The van der Waals surface area contributed by atoms with Crippen molar-refractivity contribution in [2.75, 3.05) is 13.7 Å². The minimum absolute atomic E-state index is 0.125. The maximum Gasteiger partial charge on any atom is 0.364 e. The molecule has 1 saturated carbocycles. The van der Waals surface area contributed by atoms with Crippen LogP contribution in [0.4, 0.5) is 0 Å². The van der Waals surface area contributed by atoms with E-state index in [0.29, 0.717) is 19.2 Å². The fourth-order valence-corrected chi connectivity index (χ4v) is 1.15. The SMILES string of the molecule is COCCn1nnn(C2CC2)c1=O. The van der Waals surface area contributed by atoms with Crippen LogP contribution < -0.4 is 5.69 Å². The molecule has 0 unspecified atom stereocenters. The molecule has 1 aromatic heterocycles. The number of ether oxygens (including phenoxy) is 1. The maximum atomic E-state index is 11.5. The Kier molecular flexibility index (Phi) is 2.13. The molecule has 0 atom stereocenters. The summed E-state index contributed by atoms with van der Waals surface area (Å²) in [6, 6.07) is 0.295. The van der Waals surface area contributed by atoms with Crippen molar-refractivity contribution in [1.29, 1.82) is 0 Å². The van der Waals surface area contributed by atoms with Gasteiger partial charge in [0.1, 0.15) is 0 Å². The van der Waals surface area contributed by atoms with Crippen molar-refractivity contribution < 1.29 is 4.74 Å². The van der Waals surface area contributed by atoms with Crippen LogP contribution >= 0.6 is 0 Å². The summed E-state index contributed by atoms with van der Waals surface area (Å²) in [5.74, 6) is 0. The number of nitrogens with zero attached hydrogens (tertiary/aromatic N) is 4. The van der Waals surface area contributed by atoms with E-state index in [1.807, 2.05) is 0 Å². The van der Waals surface area contributed by atoms with Crippen LogP contribution in [0.25, 0.3) is 0 Å². The van der Waals surface area contributed by atoms with Gasteiger partial charge < -0.3 is 4.74 Å². The van der Waals surface area contributed by atoms with E-state index in [2.05, 4.69) is 10.4 Å². The number of tetrazole rings is 1. The zero-order valence-electron chi connectivity index (χ0n) is 7.51. The molecule has 72 valence electrons. The summed E-state index contributed by atoms with van der Waals surface area (Å²) in [5, 5.41) is 7.54. The largest absolute Gasteiger partial charge is 0.383 e. The van der Waals surface area contributed by atoms with Gasteiger partial charge in [-0.25, -0.2) is 4.79 Å². The van der Waals surface area contributed by atoms with Gasteiger partial charge in [0.25, 0.3) is 0 Å². The molecule has 0 bridgehead atoms. The van der Waals surface area contributed by atoms with Crippen LogP contribution in [0.5, 0.6) is 0 Å². The number of methoxy groups -OCH3 is 1. The van der Waals surface area contributed by atoms with E-state index >= 15 is 0 Å². The molecule has 0 amide bonds. The van der Waals surface area contributed by atoms with Gasteiger partial charge in [-0.3, -0.25) is 0 Å². The average molecular weight is 184 g/mol. The van der Waals surface area contributed by atoms with Gasteiger partial charge in [0.15, 0.2) is 0 Å². The van der Waals surface area contributed by atoms with Crippen LogP contribution in [0.15, 0.2) is 4.79 Å². The fraction of sp³-hybridized carbons (Fsp3) is 0.857. The molecule has 0 aliphatic heterocycles. The second-order valence-electron chi connectivity index (χ2n) is 3.15. The van der Waals surface area contributed by atoms with E-state index in [1.54, 1.807) is 7.11 Å². The second kappa shape index (κ2) is 3.29. The molecule has 1 fully saturated rings. The van der Waals surface area contributed by atoms with Crippen molar-refractivity contribution in [3.8, 4) is 0 Å². The monoisotopic (exact) mass is 184 g/mol. The predicted molar refractivity (Wildman–Crippen MR) is 44.4 cm³/mol. The lowest BCUT2D eigenvalue weighted by Gasteiger charge is -1.95. The first kappa shape index (κ1) is 8.43. The molecule has 0 saturated heterocycles. The van der Waals surface area contributed by atoms with Crippen molar-refractivity contribution >= 4 is 0 Å². The molecule has 1 aliphatic carbocycles. The first-order valence-corrected chi connectivity index (χ1v) is 4.34. The van der Waals surface area contributed by atoms with E-state index in [-0.39, 0.29) is 5.69 Å². The molecule has 1 aliphatic rings. The second-order valence-corrected chi connectivity index (χ2v) is 3.15. The Bertz CT molecular complexity index is 339. The number of hydrogen-bond donors (Lipinski definition) is 0. The number of rotatable bonds is 4. The van der Waals surface area contributed by atoms with Crippen LogP contribution in [0, 0.1) is 0 Å². The van der Waals surface area contributed by atoms with E-state index < -0.39 is 0 Å². The van der Waals surface area contributed by atoms with Gasteiger partial charge in [0.05, 0.1) is 19.2 Å². The zero-order valence-corrected chi connectivity index (χ0v) is 7.51. The van der Waals surface area contributed by atoms with Crippen molar-refractivity contribution in [3.63, 3.8) is 0 Å².